The fraction of sp³-hybridized carbons (Fsp3) is 0.500. The van der Waals surface area contributed by atoms with Crippen LogP contribution in [0.3, 0.4) is 0 Å². The number of anilines is 1. The fourth-order valence-electron chi connectivity index (χ4n) is 1.23. The third kappa shape index (κ3) is 7.41. The number of rotatable bonds is 7. The molecule has 0 aliphatic heterocycles. The largest absolute Gasteiger partial charge is 0.399 e. The molecule has 0 saturated heterocycles. The predicted molar refractivity (Wildman–Crippen MR) is 79.7 cm³/mol. The van der Waals surface area contributed by atoms with Crippen molar-refractivity contribution in [3.63, 3.8) is 0 Å². The van der Waals surface area contributed by atoms with E-state index in [-0.39, 0.29) is 12.3 Å². The van der Waals surface area contributed by atoms with Gasteiger partial charge in [0, 0.05) is 22.9 Å². The molecule has 1 aromatic carbocycles. The average molecular weight is 304 g/mol. The van der Waals surface area contributed by atoms with E-state index in [1.54, 1.807) is 19.9 Å². The van der Waals surface area contributed by atoms with Gasteiger partial charge in [-0.25, -0.2) is 13.1 Å². The van der Waals surface area contributed by atoms with Crippen LogP contribution in [0.2, 0.25) is 0 Å². The molecule has 5 nitrogen and oxygen atoms in total. The highest BCUT2D eigenvalue weighted by Gasteiger charge is 2.17. The van der Waals surface area contributed by atoms with E-state index in [2.05, 4.69) is 4.72 Å². The minimum absolute atomic E-state index is 0.00253. The smallest absolute Gasteiger partial charge is 0.212 e. The Balaban J connectivity index is 2.40. The second-order valence-corrected chi connectivity index (χ2v) is 7.97. The van der Waals surface area contributed by atoms with Gasteiger partial charge in [0.05, 0.1) is 11.4 Å². The molecular formula is C12H20N2O3S2. The van der Waals surface area contributed by atoms with E-state index in [0.29, 0.717) is 11.4 Å². The first-order valence-electron chi connectivity index (χ1n) is 5.86. The maximum atomic E-state index is 11.7. The zero-order valence-electron chi connectivity index (χ0n) is 11.1. The molecule has 7 heteroatoms. The number of thioether (sulfide) groups is 1. The van der Waals surface area contributed by atoms with Gasteiger partial charge in [0.2, 0.25) is 10.0 Å². The Morgan fingerprint density at radius 3 is 2.68 bits per heavy atom. The molecule has 0 unspecified atom stereocenters. The summed E-state index contributed by atoms with van der Waals surface area (Å²) in [6, 6.07) is 7.31. The van der Waals surface area contributed by atoms with Crippen molar-refractivity contribution in [2.75, 3.05) is 23.8 Å². The molecule has 108 valence electrons. The van der Waals surface area contributed by atoms with E-state index in [1.807, 2.05) is 18.2 Å². The molecule has 0 amide bonds. The van der Waals surface area contributed by atoms with Crippen molar-refractivity contribution >= 4 is 27.5 Å². The second kappa shape index (κ2) is 6.60. The second-order valence-electron chi connectivity index (χ2n) is 4.87. The van der Waals surface area contributed by atoms with Gasteiger partial charge in [0.25, 0.3) is 0 Å². The van der Waals surface area contributed by atoms with Crippen LogP contribution in [0.4, 0.5) is 5.69 Å². The van der Waals surface area contributed by atoms with Crippen LogP contribution >= 0.6 is 11.8 Å². The average Bonchev–Trinajstić information content (AvgIpc) is 2.26. The molecule has 0 saturated carbocycles. The zero-order valence-corrected chi connectivity index (χ0v) is 12.7. The summed E-state index contributed by atoms with van der Waals surface area (Å²) in [5, 5.41) is 9.47. The first-order chi connectivity index (χ1) is 8.68. The summed E-state index contributed by atoms with van der Waals surface area (Å²) in [6.07, 6.45) is 0. The van der Waals surface area contributed by atoms with Crippen LogP contribution in [0.5, 0.6) is 0 Å². The van der Waals surface area contributed by atoms with Crippen LogP contribution in [0.25, 0.3) is 0 Å². The quantitative estimate of drug-likeness (QED) is 0.517. The maximum Gasteiger partial charge on any atom is 0.212 e. The van der Waals surface area contributed by atoms with Gasteiger partial charge in [0.15, 0.2) is 0 Å². The number of aliphatic hydroxyl groups is 1. The lowest BCUT2D eigenvalue weighted by molar-refractivity contribution is 0.0857. The molecular weight excluding hydrogens is 284 g/mol. The minimum Gasteiger partial charge on any atom is -0.399 e. The Hall–Kier alpha value is -0.760. The molecule has 0 spiro atoms. The Kier molecular flexibility index (Phi) is 5.66. The first kappa shape index (κ1) is 16.3. The number of nitrogens with two attached hydrogens (primary N) is 1. The topological polar surface area (TPSA) is 92.4 Å². The fourth-order valence-corrected chi connectivity index (χ4v) is 3.79. The molecule has 0 aliphatic carbocycles. The summed E-state index contributed by atoms with van der Waals surface area (Å²) < 4.78 is 25.7. The van der Waals surface area contributed by atoms with Crippen LogP contribution in [0.1, 0.15) is 13.8 Å². The van der Waals surface area contributed by atoms with Crippen molar-refractivity contribution in [3.8, 4) is 0 Å². The molecule has 0 bridgehead atoms. The number of nitrogens with one attached hydrogen (secondary N) is 1. The molecule has 0 heterocycles. The van der Waals surface area contributed by atoms with Gasteiger partial charge in [0.1, 0.15) is 0 Å². The van der Waals surface area contributed by atoms with E-state index in [4.69, 9.17) is 5.73 Å². The minimum atomic E-state index is -3.36. The highest BCUT2D eigenvalue weighted by Crippen LogP contribution is 2.20. The molecule has 0 aromatic heterocycles. The maximum absolute atomic E-state index is 11.7. The summed E-state index contributed by atoms with van der Waals surface area (Å²) in [6.45, 7) is 3.12. The number of hydrogen-bond acceptors (Lipinski definition) is 5. The van der Waals surface area contributed by atoms with E-state index in [9.17, 15) is 13.5 Å². The lowest BCUT2D eigenvalue weighted by Crippen LogP contribution is -2.39. The Labute approximate surface area is 118 Å². The summed E-state index contributed by atoms with van der Waals surface area (Å²) in [5.41, 5.74) is 5.25. The zero-order chi connectivity index (χ0) is 14.5. The number of hydrogen-bond donors (Lipinski definition) is 3. The molecule has 19 heavy (non-hydrogen) atoms. The number of nitrogen functional groups attached to an aromatic ring is 1. The van der Waals surface area contributed by atoms with Crippen LogP contribution in [0.15, 0.2) is 29.2 Å². The van der Waals surface area contributed by atoms with Gasteiger partial charge in [-0.15, -0.1) is 11.8 Å². The number of benzene rings is 1. The van der Waals surface area contributed by atoms with Gasteiger partial charge in [-0.2, -0.15) is 0 Å². The highest BCUT2D eigenvalue weighted by atomic mass is 32.2. The molecule has 0 aliphatic rings. The van der Waals surface area contributed by atoms with Gasteiger partial charge in [-0.1, -0.05) is 6.07 Å². The van der Waals surface area contributed by atoms with Crippen molar-refractivity contribution in [1.82, 2.24) is 4.72 Å². The summed E-state index contributed by atoms with van der Waals surface area (Å²) in [4.78, 5) is 0.942. The summed E-state index contributed by atoms with van der Waals surface area (Å²) in [7, 11) is -3.36. The molecule has 1 aromatic rings. The van der Waals surface area contributed by atoms with E-state index >= 15 is 0 Å². The van der Waals surface area contributed by atoms with E-state index in [1.165, 1.54) is 11.8 Å². The molecule has 1 rings (SSSR count). The first-order valence-corrected chi connectivity index (χ1v) is 8.50. The van der Waals surface area contributed by atoms with Crippen LogP contribution < -0.4 is 10.5 Å². The van der Waals surface area contributed by atoms with E-state index < -0.39 is 15.6 Å². The highest BCUT2D eigenvalue weighted by molar-refractivity contribution is 8.00. The normalized spacial score (nSPS) is 12.6. The lowest BCUT2D eigenvalue weighted by atomic mass is 10.1. The van der Waals surface area contributed by atoms with Crippen molar-refractivity contribution in [1.29, 1.82) is 0 Å². The Morgan fingerprint density at radius 2 is 2.11 bits per heavy atom. The van der Waals surface area contributed by atoms with Gasteiger partial charge in [-0.05, 0) is 32.0 Å². The van der Waals surface area contributed by atoms with Crippen molar-refractivity contribution in [2.45, 2.75) is 24.3 Å². The van der Waals surface area contributed by atoms with Crippen LogP contribution in [-0.2, 0) is 10.0 Å². The van der Waals surface area contributed by atoms with Crippen LogP contribution in [-0.4, -0.2) is 37.2 Å². The summed E-state index contributed by atoms with van der Waals surface area (Å²) >= 11 is 1.43. The van der Waals surface area contributed by atoms with Crippen molar-refractivity contribution in [2.24, 2.45) is 0 Å². The Bertz CT molecular complexity index is 510. The van der Waals surface area contributed by atoms with Crippen molar-refractivity contribution < 1.29 is 13.5 Å². The molecule has 4 N–H and O–H groups in total. The molecule has 0 atom stereocenters. The predicted octanol–water partition coefficient (Wildman–Crippen LogP) is 1.05. The van der Waals surface area contributed by atoms with Crippen molar-refractivity contribution in [3.05, 3.63) is 24.3 Å². The van der Waals surface area contributed by atoms with Gasteiger partial charge >= 0.3 is 0 Å². The molecule has 0 fully saturated rings. The lowest BCUT2D eigenvalue weighted by Gasteiger charge is -2.17. The number of sulfonamides is 1. The summed E-state index contributed by atoms with van der Waals surface area (Å²) in [5.74, 6) is 0.438. The Morgan fingerprint density at radius 1 is 1.42 bits per heavy atom. The van der Waals surface area contributed by atoms with Gasteiger partial charge < -0.3 is 10.8 Å². The third-order valence-electron chi connectivity index (χ3n) is 2.20. The third-order valence-corrected chi connectivity index (χ3v) is 4.78. The SMILES string of the molecule is CC(C)(O)CNS(=O)(=O)CCSc1cccc(N)c1. The van der Waals surface area contributed by atoms with E-state index in [0.717, 1.165) is 4.90 Å². The molecule has 0 radical (unpaired) electrons. The van der Waals surface area contributed by atoms with Gasteiger partial charge in [-0.3, -0.25) is 0 Å². The standard InChI is InChI=1S/C12H20N2O3S2/c1-12(2,15)9-14-19(16,17)7-6-18-11-5-3-4-10(13)8-11/h3-5,8,14-15H,6-7,9,13H2,1-2H3. The van der Waals surface area contributed by atoms with Crippen LogP contribution in [0, 0.1) is 0 Å². The monoisotopic (exact) mass is 304 g/mol.